The molecule has 2 atom stereocenters. The van der Waals surface area contributed by atoms with Gasteiger partial charge in [-0.3, -0.25) is 14.5 Å². The normalized spacial score (nSPS) is 25.3. The minimum Gasteiger partial charge on any atom is -0.269 e. The summed E-state index contributed by atoms with van der Waals surface area (Å²) in [6.07, 6.45) is -3.41. The van der Waals surface area contributed by atoms with Gasteiger partial charge in [0.25, 0.3) is 11.8 Å². The summed E-state index contributed by atoms with van der Waals surface area (Å²) in [7, 11) is 0. The Balaban J connectivity index is 1.95. The van der Waals surface area contributed by atoms with Crippen molar-refractivity contribution < 1.29 is 22.8 Å². The second-order valence-corrected chi connectivity index (χ2v) is 6.26. The fourth-order valence-corrected chi connectivity index (χ4v) is 3.43. The zero-order valence-corrected chi connectivity index (χ0v) is 12.8. The van der Waals surface area contributed by atoms with E-state index in [0.29, 0.717) is 4.48 Å². The number of hydrogen-bond donors (Lipinski definition) is 0. The maximum absolute atomic E-state index is 13.0. The van der Waals surface area contributed by atoms with Crippen LogP contribution in [0.1, 0.15) is 33.6 Å². The Kier molecular flexibility index (Phi) is 3.63. The van der Waals surface area contributed by atoms with E-state index in [-0.39, 0.29) is 24.0 Å². The maximum atomic E-state index is 13.0. The summed E-state index contributed by atoms with van der Waals surface area (Å²) in [6, 6.07) is 5.36. The molecule has 0 aromatic heterocycles. The summed E-state index contributed by atoms with van der Waals surface area (Å²) >= 11 is 3.21. The molecule has 1 aliphatic heterocycles. The van der Waals surface area contributed by atoms with E-state index in [9.17, 15) is 22.8 Å². The van der Waals surface area contributed by atoms with Crippen LogP contribution in [0.4, 0.5) is 13.2 Å². The zero-order valence-electron chi connectivity index (χ0n) is 11.2. The maximum Gasteiger partial charge on any atom is 0.392 e. The second kappa shape index (κ2) is 5.22. The SMILES string of the molecule is O=C1c2ccccc2C(=O)N1[C@@H]1C[C@H](C(F)(F)F)CC=C1Br. The van der Waals surface area contributed by atoms with E-state index >= 15 is 0 Å². The average molecular weight is 374 g/mol. The van der Waals surface area contributed by atoms with Crippen LogP contribution in [0.3, 0.4) is 0 Å². The molecule has 2 amide bonds. The van der Waals surface area contributed by atoms with Crippen LogP contribution in [0.15, 0.2) is 34.8 Å². The molecule has 0 saturated heterocycles. The van der Waals surface area contributed by atoms with E-state index in [2.05, 4.69) is 15.9 Å². The Bertz CT molecular complexity index is 649. The molecule has 1 aromatic rings. The lowest BCUT2D eigenvalue weighted by atomic mass is 9.89. The van der Waals surface area contributed by atoms with E-state index in [1.165, 1.54) is 18.2 Å². The first-order valence-corrected chi connectivity index (χ1v) is 7.49. The van der Waals surface area contributed by atoms with Gasteiger partial charge in [-0.15, -0.1) is 0 Å². The lowest BCUT2D eigenvalue weighted by Crippen LogP contribution is -2.44. The minimum absolute atomic E-state index is 0.149. The molecule has 2 aliphatic rings. The fourth-order valence-electron chi connectivity index (χ4n) is 2.86. The van der Waals surface area contributed by atoms with E-state index in [0.717, 1.165) is 4.90 Å². The first-order valence-electron chi connectivity index (χ1n) is 6.70. The number of amides is 2. The molecular formula is C15H11BrF3NO2. The Morgan fingerprint density at radius 1 is 1.09 bits per heavy atom. The summed E-state index contributed by atoms with van der Waals surface area (Å²) in [5.74, 6) is -2.64. The molecular weight excluding hydrogens is 363 g/mol. The third-order valence-corrected chi connectivity index (χ3v) is 4.88. The lowest BCUT2D eigenvalue weighted by molar-refractivity contribution is -0.178. The number of fused-ring (bicyclic) bond motifs is 1. The van der Waals surface area contributed by atoms with Crippen molar-refractivity contribution in [1.82, 2.24) is 4.90 Å². The second-order valence-electron chi connectivity index (χ2n) is 5.34. The zero-order chi connectivity index (χ0) is 16.1. The van der Waals surface area contributed by atoms with Gasteiger partial charge < -0.3 is 0 Å². The van der Waals surface area contributed by atoms with Crippen molar-refractivity contribution in [3.63, 3.8) is 0 Å². The molecule has 0 radical (unpaired) electrons. The molecule has 0 fully saturated rings. The van der Waals surface area contributed by atoms with Gasteiger partial charge in [0, 0.05) is 4.48 Å². The molecule has 0 bridgehead atoms. The number of allylic oxidation sites excluding steroid dienone is 1. The first kappa shape index (κ1) is 15.3. The van der Waals surface area contributed by atoms with Crippen LogP contribution >= 0.6 is 15.9 Å². The fraction of sp³-hybridized carbons (Fsp3) is 0.333. The number of benzene rings is 1. The molecule has 1 heterocycles. The molecule has 0 saturated carbocycles. The van der Waals surface area contributed by atoms with Gasteiger partial charge >= 0.3 is 6.18 Å². The minimum atomic E-state index is -4.35. The largest absolute Gasteiger partial charge is 0.392 e. The number of rotatable bonds is 1. The number of halogens is 4. The number of hydrogen-bond acceptors (Lipinski definition) is 2. The molecule has 7 heteroatoms. The Morgan fingerprint density at radius 3 is 2.14 bits per heavy atom. The Hall–Kier alpha value is -1.63. The molecule has 0 N–H and O–H groups in total. The summed E-state index contributed by atoms with van der Waals surface area (Å²) in [5.41, 5.74) is 0.476. The number of nitrogens with zero attached hydrogens (tertiary/aromatic N) is 1. The van der Waals surface area contributed by atoms with Crippen LogP contribution in [0, 0.1) is 5.92 Å². The van der Waals surface area contributed by atoms with Crippen molar-refractivity contribution >= 4 is 27.7 Å². The third kappa shape index (κ3) is 2.37. The molecule has 1 aliphatic carbocycles. The highest BCUT2D eigenvalue weighted by atomic mass is 79.9. The van der Waals surface area contributed by atoms with Gasteiger partial charge in [0.2, 0.25) is 0 Å². The number of carbonyl (C=O) groups excluding carboxylic acids is 2. The number of imide groups is 1. The van der Waals surface area contributed by atoms with Crippen LogP contribution < -0.4 is 0 Å². The standard InChI is InChI=1S/C15H11BrF3NO2/c16-11-6-5-8(15(17,18)19)7-12(11)20-13(21)9-3-1-2-4-10(9)14(20)22/h1-4,6,8,12H,5,7H2/t8-,12-/m1/s1. The van der Waals surface area contributed by atoms with Gasteiger partial charge in [0.05, 0.1) is 23.1 Å². The molecule has 22 heavy (non-hydrogen) atoms. The summed E-state index contributed by atoms with van der Waals surface area (Å²) < 4.78 is 39.3. The molecule has 3 rings (SSSR count). The topological polar surface area (TPSA) is 37.4 Å². The number of carbonyl (C=O) groups is 2. The van der Waals surface area contributed by atoms with Gasteiger partial charge in [-0.25, -0.2) is 0 Å². The first-order chi connectivity index (χ1) is 10.3. The highest BCUT2D eigenvalue weighted by molar-refractivity contribution is 9.11. The van der Waals surface area contributed by atoms with Crippen molar-refractivity contribution in [2.24, 2.45) is 5.92 Å². The van der Waals surface area contributed by atoms with Crippen molar-refractivity contribution in [2.45, 2.75) is 25.1 Å². The van der Waals surface area contributed by atoms with Gasteiger partial charge in [0.1, 0.15) is 0 Å². The summed E-state index contributed by atoms with van der Waals surface area (Å²) in [6.45, 7) is 0. The predicted molar refractivity (Wildman–Crippen MR) is 76.5 cm³/mol. The lowest BCUT2D eigenvalue weighted by Gasteiger charge is -2.33. The molecule has 0 spiro atoms. The van der Waals surface area contributed by atoms with E-state index < -0.39 is 30.0 Å². The van der Waals surface area contributed by atoms with Crippen LogP contribution in [-0.4, -0.2) is 28.9 Å². The molecule has 0 unspecified atom stereocenters. The molecule has 116 valence electrons. The highest BCUT2D eigenvalue weighted by Crippen LogP contribution is 2.41. The van der Waals surface area contributed by atoms with Crippen molar-refractivity contribution in [2.75, 3.05) is 0 Å². The van der Waals surface area contributed by atoms with Crippen LogP contribution in [0.5, 0.6) is 0 Å². The molecule has 3 nitrogen and oxygen atoms in total. The third-order valence-electron chi connectivity index (χ3n) is 4.02. The van der Waals surface area contributed by atoms with Crippen molar-refractivity contribution in [3.8, 4) is 0 Å². The highest BCUT2D eigenvalue weighted by Gasteiger charge is 2.47. The molecule has 1 aromatic carbocycles. The smallest absolute Gasteiger partial charge is 0.269 e. The van der Waals surface area contributed by atoms with Gasteiger partial charge in [-0.05, 0) is 25.0 Å². The van der Waals surface area contributed by atoms with E-state index in [1.54, 1.807) is 12.1 Å². The summed E-state index contributed by atoms with van der Waals surface area (Å²) in [4.78, 5) is 25.7. The Labute approximate surface area is 132 Å². The van der Waals surface area contributed by atoms with Crippen LogP contribution in [-0.2, 0) is 0 Å². The van der Waals surface area contributed by atoms with Gasteiger partial charge in [-0.1, -0.05) is 34.1 Å². The van der Waals surface area contributed by atoms with Crippen molar-refractivity contribution in [1.29, 1.82) is 0 Å². The van der Waals surface area contributed by atoms with Crippen LogP contribution in [0.2, 0.25) is 0 Å². The van der Waals surface area contributed by atoms with Crippen LogP contribution in [0.25, 0.3) is 0 Å². The van der Waals surface area contributed by atoms with Gasteiger partial charge in [-0.2, -0.15) is 13.2 Å². The summed E-state index contributed by atoms with van der Waals surface area (Å²) in [5, 5.41) is 0. The van der Waals surface area contributed by atoms with Crippen molar-refractivity contribution in [3.05, 3.63) is 46.0 Å². The van der Waals surface area contributed by atoms with E-state index in [4.69, 9.17) is 0 Å². The average Bonchev–Trinajstić information content (AvgIpc) is 2.71. The predicted octanol–water partition coefficient (Wildman–Crippen LogP) is 3.90. The quantitative estimate of drug-likeness (QED) is 0.700. The van der Waals surface area contributed by atoms with E-state index in [1.807, 2.05) is 0 Å². The monoisotopic (exact) mass is 373 g/mol. The van der Waals surface area contributed by atoms with Gasteiger partial charge in [0.15, 0.2) is 0 Å². The number of alkyl halides is 3. The Morgan fingerprint density at radius 2 is 1.64 bits per heavy atom.